The molecule has 6 heteroatoms. The first-order valence-corrected chi connectivity index (χ1v) is 7.14. The molecule has 2 aliphatic heterocycles. The third kappa shape index (κ3) is 2.46. The summed E-state index contributed by atoms with van der Waals surface area (Å²) in [5.74, 6) is 0.778. The number of carbonyl (C=O) groups excluding carboxylic acids is 2. The predicted octanol–water partition coefficient (Wildman–Crippen LogP) is 0.640. The molecule has 3 rings (SSSR count). The van der Waals surface area contributed by atoms with Gasteiger partial charge in [-0.25, -0.2) is 4.98 Å². The summed E-state index contributed by atoms with van der Waals surface area (Å²) in [4.78, 5) is 32.3. The number of methoxy groups -OCH3 is 1. The molecule has 0 aromatic carbocycles. The first-order chi connectivity index (χ1) is 10.1. The van der Waals surface area contributed by atoms with Gasteiger partial charge in [-0.15, -0.1) is 0 Å². The SMILES string of the molecule is COc1cc(C(=O)N2C[C@H]3CCN(C)C(=O)[C@H]3C2)ccn1. The van der Waals surface area contributed by atoms with Gasteiger partial charge >= 0.3 is 0 Å². The van der Waals surface area contributed by atoms with Gasteiger partial charge < -0.3 is 14.5 Å². The molecule has 0 radical (unpaired) electrons. The Kier molecular flexibility index (Phi) is 3.53. The van der Waals surface area contributed by atoms with Crippen LogP contribution in [-0.2, 0) is 4.79 Å². The van der Waals surface area contributed by atoms with Gasteiger partial charge in [0.1, 0.15) is 0 Å². The van der Waals surface area contributed by atoms with Crippen molar-refractivity contribution >= 4 is 11.8 Å². The van der Waals surface area contributed by atoms with Crippen molar-refractivity contribution < 1.29 is 14.3 Å². The van der Waals surface area contributed by atoms with Crippen molar-refractivity contribution in [3.05, 3.63) is 23.9 Å². The van der Waals surface area contributed by atoms with E-state index in [0.717, 1.165) is 13.0 Å². The lowest BCUT2D eigenvalue weighted by Gasteiger charge is -2.30. The number of carbonyl (C=O) groups is 2. The molecule has 112 valence electrons. The second kappa shape index (κ2) is 5.35. The van der Waals surface area contributed by atoms with Crippen LogP contribution in [0.4, 0.5) is 0 Å². The number of ether oxygens (including phenoxy) is 1. The van der Waals surface area contributed by atoms with Crippen molar-refractivity contribution in [3.63, 3.8) is 0 Å². The number of fused-ring (bicyclic) bond motifs is 1. The zero-order valence-electron chi connectivity index (χ0n) is 12.3. The molecule has 0 N–H and O–H groups in total. The van der Waals surface area contributed by atoms with Gasteiger partial charge in [0.15, 0.2) is 0 Å². The second-order valence-electron chi connectivity index (χ2n) is 5.71. The number of piperidine rings is 1. The zero-order valence-corrected chi connectivity index (χ0v) is 12.3. The summed E-state index contributed by atoms with van der Waals surface area (Å²) in [5, 5.41) is 0. The third-order valence-corrected chi connectivity index (χ3v) is 4.45. The molecule has 2 aliphatic rings. The molecule has 2 saturated heterocycles. The number of hydrogen-bond acceptors (Lipinski definition) is 4. The molecule has 0 saturated carbocycles. The molecular formula is C15H19N3O3. The highest BCUT2D eigenvalue weighted by molar-refractivity contribution is 5.95. The molecule has 21 heavy (non-hydrogen) atoms. The van der Waals surface area contributed by atoms with Gasteiger partial charge in [0.25, 0.3) is 5.91 Å². The summed E-state index contributed by atoms with van der Waals surface area (Å²) in [5.41, 5.74) is 0.557. The normalized spacial score (nSPS) is 25.0. The van der Waals surface area contributed by atoms with Crippen LogP contribution < -0.4 is 4.74 Å². The van der Waals surface area contributed by atoms with E-state index in [1.165, 1.54) is 7.11 Å². The summed E-state index contributed by atoms with van der Waals surface area (Å²) < 4.78 is 5.05. The fourth-order valence-electron chi connectivity index (χ4n) is 3.20. The van der Waals surface area contributed by atoms with Crippen LogP contribution in [0.5, 0.6) is 5.88 Å². The van der Waals surface area contributed by atoms with Gasteiger partial charge in [-0.1, -0.05) is 0 Å². The van der Waals surface area contributed by atoms with Crippen LogP contribution in [0.25, 0.3) is 0 Å². The second-order valence-corrected chi connectivity index (χ2v) is 5.71. The molecule has 6 nitrogen and oxygen atoms in total. The predicted molar refractivity (Wildman–Crippen MR) is 75.9 cm³/mol. The molecule has 3 heterocycles. The minimum atomic E-state index is -0.0550. The Hall–Kier alpha value is -2.11. The van der Waals surface area contributed by atoms with Crippen LogP contribution in [0.1, 0.15) is 16.8 Å². The summed E-state index contributed by atoms with van der Waals surface area (Å²) in [7, 11) is 3.35. The third-order valence-electron chi connectivity index (χ3n) is 4.45. The first kappa shape index (κ1) is 13.9. The van der Waals surface area contributed by atoms with Gasteiger partial charge in [-0.3, -0.25) is 9.59 Å². The van der Waals surface area contributed by atoms with E-state index in [1.807, 2.05) is 7.05 Å². The Morgan fingerprint density at radius 2 is 2.24 bits per heavy atom. The average Bonchev–Trinajstić information content (AvgIpc) is 2.95. The number of likely N-dealkylation sites (tertiary alicyclic amines) is 2. The number of hydrogen-bond donors (Lipinski definition) is 0. The van der Waals surface area contributed by atoms with Gasteiger partial charge in [-0.05, 0) is 18.4 Å². The van der Waals surface area contributed by atoms with E-state index in [2.05, 4.69) is 4.98 Å². The first-order valence-electron chi connectivity index (χ1n) is 7.14. The highest BCUT2D eigenvalue weighted by Crippen LogP contribution is 2.32. The van der Waals surface area contributed by atoms with E-state index < -0.39 is 0 Å². The van der Waals surface area contributed by atoms with Crippen molar-refractivity contribution in [2.24, 2.45) is 11.8 Å². The number of amides is 2. The molecular weight excluding hydrogens is 270 g/mol. The van der Waals surface area contributed by atoms with E-state index in [4.69, 9.17) is 4.74 Å². The molecule has 1 aromatic rings. The lowest BCUT2D eigenvalue weighted by Crippen LogP contribution is -2.42. The van der Waals surface area contributed by atoms with Crippen LogP contribution in [0, 0.1) is 11.8 Å². The molecule has 0 bridgehead atoms. The highest BCUT2D eigenvalue weighted by atomic mass is 16.5. The quantitative estimate of drug-likeness (QED) is 0.801. The summed E-state index contributed by atoms with van der Waals surface area (Å²) in [6.45, 7) is 1.95. The Labute approximate surface area is 123 Å². The van der Waals surface area contributed by atoms with Crippen LogP contribution in [-0.4, -0.2) is 60.4 Å². The molecule has 0 unspecified atom stereocenters. The van der Waals surface area contributed by atoms with Crippen LogP contribution >= 0.6 is 0 Å². The van der Waals surface area contributed by atoms with E-state index in [1.54, 1.807) is 28.1 Å². The van der Waals surface area contributed by atoms with E-state index >= 15 is 0 Å². The van der Waals surface area contributed by atoms with Crippen LogP contribution in [0.2, 0.25) is 0 Å². The number of rotatable bonds is 2. The van der Waals surface area contributed by atoms with Gasteiger partial charge in [0.05, 0.1) is 13.0 Å². The average molecular weight is 289 g/mol. The molecule has 0 aliphatic carbocycles. The molecule has 2 atom stereocenters. The van der Waals surface area contributed by atoms with E-state index in [-0.39, 0.29) is 17.7 Å². The number of pyridine rings is 1. The lowest BCUT2D eigenvalue weighted by molar-refractivity contribution is -0.137. The van der Waals surface area contributed by atoms with Crippen molar-refractivity contribution in [1.82, 2.24) is 14.8 Å². The largest absolute Gasteiger partial charge is 0.481 e. The van der Waals surface area contributed by atoms with E-state index in [9.17, 15) is 9.59 Å². The monoisotopic (exact) mass is 289 g/mol. The molecule has 1 aromatic heterocycles. The maximum atomic E-state index is 12.6. The van der Waals surface area contributed by atoms with Crippen molar-refractivity contribution in [1.29, 1.82) is 0 Å². The standard InChI is InChI=1S/C15H19N3O3/c1-17-6-4-11-8-18(9-12(11)15(17)20)14(19)10-3-5-16-13(7-10)21-2/h3,5,7,11-12H,4,6,8-9H2,1-2H3/t11-,12+/m1/s1. The van der Waals surface area contributed by atoms with Crippen LogP contribution in [0.3, 0.4) is 0 Å². The Morgan fingerprint density at radius 1 is 1.43 bits per heavy atom. The maximum absolute atomic E-state index is 12.6. The summed E-state index contributed by atoms with van der Waals surface area (Å²) in [6.07, 6.45) is 2.53. The van der Waals surface area contributed by atoms with Crippen LogP contribution in [0.15, 0.2) is 18.3 Å². The number of nitrogens with zero attached hydrogens (tertiary/aromatic N) is 3. The maximum Gasteiger partial charge on any atom is 0.254 e. The Balaban J connectivity index is 1.76. The summed E-state index contributed by atoms with van der Waals surface area (Å²) >= 11 is 0. The van der Waals surface area contributed by atoms with E-state index in [0.29, 0.717) is 30.5 Å². The molecule has 2 amide bonds. The lowest BCUT2D eigenvalue weighted by atomic mass is 9.88. The zero-order chi connectivity index (χ0) is 15.0. The van der Waals surface area contributed by atoms with Gasteiger partial charge in [0.2, 0.25) is 11.8 Å². The number of aromatic nitrogens is 1. The molecule has 2 fully saturated rings. The topological polar surface area (TPSA) is 62.7 Å². The minimum Gasteiger partial charge on any atom is -0.481 e. The minimum absolute atomic E-state index is 0.0450. The fourth-order valence-corrected chi connectivity index (χ4v) is 3.20. The van der Waals surface area contributed by atoms with Crippen molar-refractivity contribution in [2.45, 2.75) is 6.42 Å². The molecule has 0 spiro atoms. The van der Waals surface area contributed by atoms with Gasteiger partial charge in [0, 0.05) is 44.5 Å². The Bertz CT molecular complexity index is 575. The highest BCUT2D eigenvalue weighted by Gasteiger charge is 2.43. The van der Waals surface area contributed by atoms with Crippen molar-refractivity contribution in [3.8, 4) is 5.88 Å². The fraction of sp³-hybridized carbons (Fsp3) is 0.533. The summed E-state index contributed by atoms with van der Waals surface area (Å²) in [6, 6.07) is 3.32. The van der Waals surface area contributed by atoms with Crippen molar-refractivity contribution in [2.75, 3.05) is 33.8 Å². The smallest absolute Gasteiger partial charge is 0.254 e. The van der Waals surface area contributed by atoms with Gasteiger partial charge in [-0.2, -0.15) is 0 Å². The Morgan fingerprint density at radius 3 is 3.00 bits per heavy atom.